The van der Waals surface area contributed by atoms with Gasteiger partial charge in [-0.05, 0) is 47.7 Å². The number of nitro benzene ring substituents is 1. The van der Waals surface area contributed by atoms with Gasteiger partial charge in [0.05, 0.1) is 36.6 Å². The topological polar surface area (TPSA) is 111 Å². The Hall–Kier alpha value is -4.66. The van der Waals surface area contributed by atoms with Crippen LogP contribution in [0.15, 0.2) is 78.0 Å². The minimum atomic E-state index is -0.711. The number of hydrogen-bond donors (Lipinski definition) is 1. The summed E-state index contributed by atoms with van der Waals surface area (Å²) in [6, 6.07) is 18.5. The number of methoxy groups -OCH3 is 2. The number of benzene rings is 3. The zero-order valence-electron chi connectivity index (χ0n) is 21.3. The third kappa shape index (κ3) is 4.36. The zero-order chi connectivity index (χ0) is 27.0. The average molecular weight is 514 g/mol. The summed E-state index contributed by atoms with van der Waals surface area (Å²) >= 11 is 0. The normalized spacial score (nSPS) is 18.6. The predicted octanol–water partition coefficient (Wildman–Crippen LogP) is 5.53. The van der Waals surface area contributed by atoms with Crippen LogP contribution < -0.4 is 19.7 Å². The summed E-state index contributed by atoms with van der Waals surface area (Å²) in [5.41, 5.74) is 3.94. The Balaban J connectivity index is 1.69. The van der Waals surface area contributed by atoms with E-state index in [4.69, 9.17) is 9.47 Å². The highest BCUT2D eigenvalue weighted by atomic mass is 16.6. The number of nitrogens with one attached hydrogen (secondary N) is 1. The summed E-state index contributed by atoms with van der Waals surface area (Å²) in [5.74, 6) is 0.415. The second-order valence-electron chi connectivity index (χ2n) is 9.32. The van der Waals surface area contributed by atoms with Gasteiger partial charge in [0.2, 0.25) is 5.91 Å². The highest BCUT2D eigenvalue weighted by Gasteiger charge is 2.41. The molecule has 2 unspecified atom stereocenters. The number of hydrogen-bond acceptors (Lipinski definition) is 7. The maximum Gasteiger partial charge on any atom is 0.269 e. The number of para-hydroxylation sites is 2. The number of allylic oxidation sites excluding steroid dienone is 1. The fraction of sp³-hybridized carbons (Fsp3) is 0.241. The molecular weight excluding hydrogens is 486 g/mol. The summed E-state index contributed by atoms with van der Waals surface area (Å²) in [6.07, 6.45) is 0.611. The molecule has 3 aromatic carbocycles. The van der Waals surface area contributed by atoms with Gasteiger partial charge in [-0.2, -0.15) is 0 Å². The fourth-order valence-corrected chi connectivity index (χ4v) is 5.40. The predicted molar refractivity (Wildman–Crippen MR) is 143 cm³/mol. The van der Waals surface area contributed by atoms with Gasteiger partial charge in [-0.15, -0.1) is 0 Å². The van der Waals surface area contributed by atoms with E-state index in [1.807, 2.05) is 36.4 Å². The van der Waals surface area contributed by atoms with Crippen LogP contribution in [0.5, 0.6) is 11.5 Å². The molecule has 9 heteroatoms. The Bertz CT molecular complexity index is 1480. The Morgan fingerprint density at radius 3 is 2.45 bits per heavy atom. The van der Waals surface area contributed by atoms with E-state index < -0.39 is 11.0 Å². The minimum absolute atomic E-state index is 0.0140. The van der Waals surface area contributed by atoms with Crippen LogP contribution in [0.25, 0.3) is 0 Å². The third-order valence-electron chi connectivity index (χ3n) is 7.10. The van der Waals surface area contributed by atoms with E-state index in [0.29, 0.717) is 46.1 Å². The molecule has 38 heavy (non-hydrogen) atoms. The van der Waals surface area contributed by atoms with E-state index in [1.54, 1.807) is 30.2 Å². The number of carbonyl (C=O) groups is 2. The molecule has 3 aromatic rings. The highest BCUT2D eigenvalue weighted by molar-refractivity contribution is 6.06. The maximum absolute atomic E-state index is 13.9. The average Bonchev–Trinajstić information content (AvgIpc) is 3.07. The second kappa shape index (κ2) is 10.0. The van der Waals surface area contributed by atoms with E-state index in [9.17, 15) is 19.7 Å². The first-order valence-corrected chi connectivity index (χ1v) is 12.2. The molecule has 2 aliphatic rings. The number of Topliss-reactive ketones (excluding diaryl/α,β-unsaturated/α-hetero) is 1. The fourth-order valence-electron chi connectivity index (χ4n) is 5.40. The van der Waals surface area contributed by atoms with Gasteiger partial charge in [0.15, 0.2) is 17.3 Å². The Morgan fingerprint density at radius 2 is 1.74 bits per heavy atom. The summed E-state index contributed by atoms with van der Waals surface area (Å²) in [6.45, 7) is 1.48. The zero-order valence-corrected chi connectivity index (χ0v) is 21.3. The Kier molecular flexibility index (Phi) is 6.59. The van der Waals surface area contributed by atoms with Crippen molar-refractivity contribution in [3.8, 4) is 11.5 Å². The second-order valence-corrected chi connectivity index (χ2v) is 9.32. The standard InChI is InChI=1S/C29H27N3O6/c1-17(33)31-24-10-5-4-9-22(24)30-23-14-20(18-7-6-8-21(13-18)32(35)36)15-25(34)28(23)29(31)19-11-12-26(37-2)27(16-19)38-3/h4-13,16,20,29-30H,14-15H2,1-3H3. The van der Waals surface area contributed by atoms with Crippen molar-refractivity contribution < 1.29 is 24.0 Å². The molecule has 5 rings (SSSR count). The molecule has 9 nitrogen and oxygen atoms in total. The number of nitro groups is 1. The van der Waals surface area contributed by atoms with Crippen molar-refractivity contribution >= 4 is 28.8 Å². The Morgan fingerprint density at radius 1 is 0.974 bits per heavy atom. The van der Waals surface area contributed by atoms with Crippen LogP contribution in [0.4, 0.5) is 17.1 Å². The molecule has 0 saturated carbocycles. The molecule has 194 valence electrons. The lowest BCUT2D eigenvalue weighted by Crippen LogP contribution is -2.37. The summed E-state index contributed by atoms with van der Waals surface area (Å²) in [7, 11) is 3.08. The van der Waals surface area contributed by atoms with Crippen molar-refractivity contribution in [1.82, 2.24) is 0 Å². The molecule has 2 atom stereocenters. The number of fused-ring (bicyclic) bond motifs is 1. The SMILES string of the molecule is COc1ccc(C2C3=C(CC(c4cccc([N+](=O)[O-])c4)CC3=O)Nc3ccccc3N2C(C)=O)cc1OC. The molecule has 0 spiro atoms. The lowest BCUT2D eigenvalue weighted by atomic mass is 9.78. The van der Waals surface area contributed by atoms with Crippen LogP contribution in [-0.2, 0) is 9.59 Å². The van der Waals surface area contributed by atoms with Crippen molar-refractivity contribution in [2.24, 2.45) is 0 Å². The largest absolute Gasteiger partial charge is 0.493 e. The quantitative estimate of drug-likeness (QED) is 0.353. The number of amides is 1. The molecule has 0 saturated heterocycles. The highest BCUT2D eigenvalue weighted by Crippen LogP contribution is 2.48. The van der Waals surface area contributed by atoms with Gasteiger partial charge in [0, 0.05) is 36.7 Å². The van der Waals surface area contributed by atoms with E-state index in [1.165, 1.54) is 26.2 Å². The lowest BCUT2D eigenvalue weighted by Gasteiger charge is -2.34. The first-order valence-electron chi connectivity index (χ1n) is 12.2. The number of carbonyl (C=O) groups excluding carboxylic acids is 2. The van der Waals surface area contributed by atoms with Crippen LogP contribution in [0.2, 0.25) is 0 Å². The van der Waals surface area contributed by atoms with Crippen LogP contribution >= 0.6 is 0 Å². The number of non-ortho nitro benzene ring substituents is 1. The van der Waals surface area contributed by atoms with E-state index in [-0.39, 0.29) is 29.7 Å². The first-order chi connectivity index (χ1) is 18.3. The molecule has 1 aliphatic carbocycles. The van der Waals surface area contributed by atoms with Crippen molar-refractivity contribution in [3.63, 3.8) is 0 Å². The van der Waals surface area contributed by atoms with Gasteiger partial charge in [0.25, 0.3) is 5.69 Å². The number of ether oxygens (including phenoxy) is 2. The molecule has 0 fully saturated rings. The lowest BCUT2D eigenvalue weighted by molar-refractivity contribution is -0.384. The van der Waals surface area contributed by atoms with Crippen molar-refractivity contribution in [2.75, 3.05) is 24.4 Å². The monoisotopic (exact) mass is 513 g/mol. The number of ketones is 1. The van der Waals surface area contributed by atoms with Gasteiger partial charge in [-0.25, -0.2) is 0 Å². The van der Waals surface area contributed by atoms with Crippen LogP contribution in [-0.4, -0.2) is 30.8 Å². The summed E-state index contributed by atoms with van der Waals surface area (Å²) in [5, 5.41) is 14.8. The summed E-state index contributed by atoms with van der Waals surface area (Å²) < 4.78 is 10.9. The Labute approximate surface area is 219 Å². The first kappa shape index (κ1) is 25.0. The molecule has 1 heterocycles. The van der Waals surface area contributed by atoms with Crippen LogP contribution in [0.3, 0.4) is 0 Å². The van der Waals surface area contributed by atoms with Crippen molar-refractivity contribution in [2.45, 2.75) is 31.7 Å². The van der Waals surface area contributed by atoms with Gasteiger partial charge in [-0.1, -0.05) is 30.3 Å². The molecular formula is C29H27N3O6. The number of anilines is 2. The van der Waals surface area contributed by atoms with Gasteiger partial charge < -0.3 is 14.8 Å². The van der Waals surface area contributed by atoms with Gasteiger partial charge in [-0.3, -0.25) is 24.6 Å². The minimum Gasteiger partial charge on any atom is -0.493 e. The van der Waals surface area contributed by atoms with Crippen LogP contribution in [0.1, 0.15) is 42.9 Å². The molecule has 0 radical (unpaired) electrons. The molecule has 0 aromatic heterocycles. The number of nitrogens with zero attached hydrogens (tertiary/aromatic N) is 2. The van der Waals surface area contributed by atoms with Crippen molar-refractivity contribution in [3.05, 3.63) is 99.2 Å². The molecule has 0 bridgehead atoms. The molecule has 1 amide bonds. The smallest absolute Gasteiger partial charge is 0.269 e. The van der Waals surface area contributed by atoms with Gasteiger partial charge in [0.1, 0.15) is 0 Å². The molecule has 1 N–H and O–H groups in total. The van der Waals surface area contributed by atoms with E-state index >= 15 is 0 Å². The van der Waals surface area contributed by atoms with Crippen LogP contribution in [0, 0.1) is 10.1 Å². The van der Waals surface area contributed by atoms with E-state index in [2.05, 4.69) is 5.32 Å². The van der Waals surface area contributed by atoms with Crippen molar-refractivity contribution in [1.29, 1.82) is 0 Å². The number of rotatable bonds is 5. The summed E-state index contributed by atoms with van der Waals surface area (Å²) in [4.78, 5) is 39.7. The molecule has 1 aliphatic heterocycles. The van der Waals surface area contributed by atoms with E-state index in [0.717, 1.165) is 5.56 Å². The maximum atomic E-state index is 13.9. The third-order valence-corrected chi connectivity index (χ3v) is 7.10. The van der Waals surface area contributed by atoms with Gasteiger partial charge >= 0.3 is 0 Å².